The molecule has 0 aliphatic heterocycles. The van der Waals surface area contributed by atoms with Gasteiger partial charge in [0.1, 0.15) is 17.6 Å². The zero-order valence-corrected chi connectivity index (χ0v) is 8.91. The van der Waals surface area contributed by atoms with Crippen LogP contribution in [0, 0.1) is 0 Å². The largest absolute Gasteiger partial charge is 0.283 e. The molecule has 80 valence electrons. The third kappa shape index (κ3) is 1.04. The topological polar surface area (TPSA) is 43.1 Å². The van der Waals surface area contributed by atoms with Gasteiger partial charge in [-0.15, -0.1) is 0 Å². The standard InChI is InChI=1S/C13H8N4/c1-2-4-10-9(3-1)11-7-14-8-16-13(11)17-6-5-15-12(10)17/h1-8H. The summed E-state index contributed by atoms with van der Waals surface area (Å²) in [5.41, 5.74) is 1.83. The van der Waals surface area contributed by atoms with Crippen LogP contribution in [-0.4, -0.2) is 19.4 Å². The van der Waals surface area contributed by atoms with E-state index in [-0.39, 0.29) is 0 Å². The normalized spacial score (nSPS) is 11.5. The number of aromatic nitrogens is 4. The number of imidazole rings is 1. The van der Waals surface area contributed by atoms with Gasteiger partial charge in [-0.2, -0.15) is 0 Å². The zero-order valence-electron chi connectivity index (χ0n) is 8.91. The van der Waals surface area contributed by atoms with Gasteiger partial charge >= 0.3 is 0 Å². The van der Waals surface area contributed by atoms with Crippen LogP contribution in [-0.2, 0) is 0 Å². The number of nitrogens with zero attached hydrogens (tertiary/aromatic N) is 4. The lowest BCUT2D eigenvalue weighted by atomic mass is 10.1. The van der Waals surface area contributed by atoms with Gasteiger partial charge in [0, 0.05) is 29.4 Å². The molecule has 0 aliphatic rings. The van der Waals surface area contributed by atoms with E-state index >= 15 is 0 Å². The predicted molar refractivity (Wildman–Crippen MR) is 65.8 cm³/mol. The lowest BCUT2D eigenvalue weighted by Gasteiger charge is -2.05. The van der Waals surface area contributed by atoms with Crippen LogP contribution < -0.4 is 0 Å². The Labute approximate surface area is 96.6 Å². The molecule has 0 N–H and O–H groups in total. The van der Waals surface area contributed by atoms with Gasteiger partial charge in [0.25, 0.3) is 0 Å². The van der Waals surface area contributed by atoms with Crippen molar-refractivity contribution in [3.05, 3.63) is 49.2 Å². The fourth-order valence-electron chi connectivity index (χ4n) is 2.29. The fourth-order valence-corrected chi connectivity index (χ4v) is 2.29. The smallest absolute Gasteiger partial charge is 0.149 e. The molecular formula is C13H8N4. The van der Waals surface area contributed by atoms with Gasteiger partial charge in [0.15, 0.2) is 0 Å². The molecule has 0 saturated carbocycles. The van der Waals surface area contributed by atoms with Crippen LogP contribution in [0.15, 0.2) is 49.2 Å². The van der Waals surface area contributed by atoms with Gasteiger partial charge in [-0.3, -0.25) is 4.40 Å². The Morgan fingerprint density at radius 1 is 0.882 bits per heavy atom. The molecule has 0 radical (unpaired) electrons. The predicted octanol–water partition coefficient (Wildman–Crippen LogP) is 2.43. The van der Waals surface area contributed by atoms with E-state index in [0.29, 0.717) is 0 Å². The summed E-state index contributed by atoms with van der Waals surface area (Å²) in [6.45, 7) is 0. The highest BCUT2D eigenvalue weighted by Crippen LogP contribution is 2.26. The third-order valence-electron chi connectivity index (χ3n) is 3.02. The van der Waals surface area contributed by atoms with Crippen molar-refractivity contribution in [1.82, 2.24) is 19.4 Å². The van der Waals surface area contributed by atoms with E-state index in [1.807, 2.05) is 28.9 Å². The number of hydrogen-bond acceptors (Lipinski definition) is 3. The molecule has 4 rings (SSSR count). The first kappa shape index (κ1) is 8.64. The second kappa shape index (κ2) is 3.01. The Kier molecular flexibility index (Phi) is 1.53. The molecule has 0 aliphatic carbocycles. The fraction of sp³-hybridized carbons (Fsp3) is 0. The SMILES string of the molecule is c1ccc2c(c1)c1cncnc1n1ccnc21. The Hall–Kier alpha value is -2.49. The zero-order chi connectivity index (χ0) is 11.2. The molecule has 0 saturated heterocycles. The first-order valence-electron chi connectivity index (χ1n) is 5.38. The average Bonchev–Trinajstić information content (AvgIpc) is 2.89. The molecule has 17 heavy (non-hydrogen) atoms. The highest BCUT2D eigenvalue weighted by Gasteiger charge is 2.08. The molecule has 3 aromatic heterocycles. The van der Waals surface area contributed by atoms with Crippen LogP contribution in [0.4, 0.5) is 0 Å². The maximum atomic E-state index is 4.40. The van der Waals surface area contributed by atoms with Crippen LogP contribution in [0.5, 0.6) is 0 Å². The molecule has 0 bridgehead atoms. The Balaban J connectivity index is 2.48. The van der Waals surface area contributed by atoms with Gasteiger partial charge in [-0.25, -0.2) is 15.0 Å². The summed E-state index contributed by atoms with van der Waals surface area (Å²) in [5, 5.41) is 3.32. The molecule has 1 aromatic carbocycles. The second-order valence-corrected chi connectivity index (χ2v) is 3.93. The van der Waals surface area contributed by atoms with E-state index < -0.39 is 0 Å². The third-order valence-corrected chi connectivity index (χ3v) is 3.02. The highest BCUT2D eigenvalue weighted by atomic mass is 15.0. The summed E-state index contributed by atoms with van der Waals surface area (Å²) < 4.78 is 2.00. The van der Waals surface area contributed by atoms with Crippen molar-refractivity contribution in [1.29, 1.82) is 0 Å². The molecule has 0 amide bonds. The van der Waals surface area contributed by atoms with Crippen LogP contribution in [0.3, 0.4) is 0 Å². The van der Waals surface area contributed by atoms with E-state index in [9.17, 15) is 0 Å². The number of pyridine rings is 1. The second-order valence-electron chi connectivity index (χ2n) is 3.93. The van der Waals surface area contributed by atoms with Crippen molar-refractivity contribution in [3.63, 3.8) is 0 Å². The first-order valence-corrected chi connectivity index (χ1v) is 5.38. The molecule has 3 heterocycles. The van der Waals surface area contributed by atoms with Gasteiger partial charge < -0.3 is 0 Å². The van der Waals surface area contributed by atoms with E-state index in [1.165, 1.54) is 0 Å². The minimum atomic E-state index is 0.895. The van der Waals surface area contributed by atoms with E-state index in [0.717, 1.165) is 27.5 Å². The minimum Gasteiger partial charge on any atom is -0.283 e. The molecule has 0 unspecified atom stereocenters. The maximum Gasteiger partial charge on any atom is 0.149 e. The van der Waals surface area contributed by atoms with Crippen molar-refractivity contribution in [2.75, 3.05) is 0 Å². The first-order chi connectivity index (χ1) is 8.45. The van der Waals surface area contributed by atoms with Crippen molar-refractivity contribution >= 4 is 27.5 Å². The molecule has 4 heteroatoms. The Morgan fingerprint density at radius 2 is 1.71 bits per heavy atom. The molecular weight excluding hydrogens is 212 g/mol. The van der Waals surface area contributed by atoms with Crippen molar-refractivity contribution in [2.45, 2.75) is 0 Å². The molecule has 0 fully saturated rings. The summed E-state index contributed by atoms with van der Waals surface area (Å²) in [5.74, 6) is 0. The Morgan fingerprint density at radius 3 is 2.65 bits per heavy atom. The minimum absolute atomic E-state index is 0.895. The lowest BCUT2D eigenvalue weighted by molar-refractivity contribution is 1.14. The number of rotatable bonds is 0. The van der Waals surface area contributed by atoms with E-state index in [2.05, 4.69) is 27.1 Å². The van der Waals surface area contributed by atoms with Gasteiger partial charge in [0.05, 0.1) is 0 Å². The summed E-state index contributed by atoms with van der Waals surface area (Å²) in [6.07, 6.45) is 7.14. The lowest BCUT2D eigenvalue weighted by Crippen LogP contribution is -1.93. The Bertz CT molecular complexity index is 778. The molecule has 0 atom stereocenters. The number of fused-ring (bicyclic) bond motifs is 6. The van der Waals surface area contributed by atoms with Crippen molar-refractivity contribution in [2.24, 2.45) is 0 Å². The molecule has 4 nitrogen and oxygen atoms in total. The van der Waals surface area contributed by atoms with Gasteiger partial charge in [-0.1, -0.05) is 24.3 Å². The summed E-state index contributed by atoms with van der Waals surface area (Å²) in [4.78, 5) is 12.9. The van der Waals surface area contributed by atoms with Crippen LogP contribution in [0.1, 0.15) is 0 Å². The highest BCUT2D eigenvalue weighted by molar-refractivity contribution is 6.10. The van der Waals surface area contributed by atoms with E-state index in [4.69, 9.17) is 0 Å². The molecule has 0 spiro atoms. The molecule has 4 aromatic rings. The van der Waals surface area contributed by atoms with Gasteiger partial charge in [-0.05, 0) is 5.39 Å². The summed E-state index contributed by atoms with van der Waals surface area (Å²) >= 11 is 0. The number of hydrogen-bond donors (Lipinski definition) is 0. The van der Waals surface area contributed by atoms with Crippen molar-refractivity contribution < 1.29 is 0 Å². The quantitative estimate of drug-likeness (QED) is 0.427. The van der Waals surface area contributed by atoms with Crippen LogP contribution >= 0.6 is 0 Å². The monoisotopic (exact) mass is 220 g/mol. The maximum absolute atomic E-state index is 4.40. The number of benzene rings is 1. The van der Waals surface area contributed by atoms with Gasteiger partial charge in [0.2, 0.25) is 0 Å². The van der Waals surface area contributed by atoms with Crippen LogP contribution in [0.2, 0.25) is 0 Å². The van der Waals surface area contributed by atoms with Crippen LogP contribution in [0.25, 0.3) is 27.5 Å². The van der Waals surface area contributed by atoms with Crippen molar-refractivity contribution in [3.8, 4) is 0 Å². The van der Waals surface area contributed by atoms with E-state index in [1.54, 1.807) is 12.5 Å². The average molecular weight is 220 g/mol. The summed E-state index contributed by atoms with van der Waals surface area (Å²) in [7, 11) is 0. The summed E-state index contributed by atoms with van der Waals surface area (Å²) in [6, 6.07) is 8.20.